The van der Waals surface area contributed by atoms with E-state index in [0.717, 1.165) is 4.90 Å². The summed E-state index contributed by atoms with van der Waals surface area (Å²) in [6.07, 6.45) is -2.69. The molecule has 1 aromatic rings. The lowest BCUT2D eigenvalue weighted by molar-refractivity contribution is -0.244. The maximum absolute atomic E-state index is 14.8. The maximum Gasteiger partial charge on any atom is 0.427 e. The number of nitrogens with zero attached hydrogens (tertiary/aromatic N) is 2. The van der Waals surface area contributed by atoms with Gasteiger partial charge in [0.1, 0.15) is 29.5 Å². The van der Waals surface area contributed by atoms with Gasteiger partial charge in [0.15, 0.2) is 0 Å². The van der Waals surface area contributed by atoms with E-state index < -0.39 is 97.8 Å². The first-order valence-corrected chi connectivity index (χ1v) is 21.1. The molecule has 0 bridgehead atoms. The van der Waals surface area contributed by atoms with Crippen LogP contribution in [0.15, 0.2) is 30.4 Å². The number of rotatable bonds is 7. The van der Waals surface area contributed by atoms with Crippen LogP contribution in [0.5, 0.6) is 0 Å². The lowest BCUT2D eigenvalue weighted by Crippen LogP contribution is -2.60. The smallest absolute Gasteiger partial charge is 0.427 e. The molecule has 14 nitrogen and oxygen atoms in total. The van der Waals surface area contributed by atoms with Crippen molar-refractivity contribution in [2.45, 2.75) is 139 Å². The van der Waals surface area contributed by atoms with Crippen LogP contribution in [0, 0.1) is 23.6 Å². The highest BCUT2D eigenvalue weighted by Crippen LogP contribution is 2.48. The number of allylic oxidation sites excluding steroid dienone is 1. The highest BCUT2D eigenvalue weighted by Gasteiger charge is 2.63. The Kier molecular flexibility index (Phi) is 11.6. The molecule has 3 N–H and O–H groups in total. The van der Waals surface area contributed by atoms with Crippen LogP contribution in [0.3, 0.4) is 0 Å². The molecule has 19 heteroatoms. The molecular formula is C39H57F4N5O9S. The van der Waals surface area contributed by atoms with Crippen molar-refractivity contribution in [3.8, 4) is 0 Å². The Morgan fingerprint density at radius 2 is 1.81 bits per heavy atom. The van der Waals surface area contributed by atoms with Crippen LogP contribution in [0.25, 0.3) is 0 Å². The molecular weight excluding hydrogens is 791 g/mol. The summed E-state index contributed by atoms with van der Waals surface area (Å²) < 4.78 is 93.6. The highest BCUT2D eigenvalue weighted by molar-refractivity contribution is 7.91. The molecule has 0 radical (unpaired) electrons. The van der Waals surface area contributed by atoms with E-state index in [-0.39, 0.29) is 49.1 Å². The Balaban J connectivity index is 0.00000331. The molecule has 2 aliphatic carbocycles. The summed E-state index contributed by atoms with van der Waals surface area (Å²) in [5, 5.41) is 5.08. The number of hydrogen-bond donors (Lipinski definition) is 3. The number of benzene rings is 1. The second-order valence-corrected chi connectivity index (χ2v) is 19.4. The molecule has 7 atom stereocenters. The number of ether oxygens (including phenoxy) is 2. The van der Waals surface area contributed by atoms with Crippen LogP contribution < -0.4 is 15.4 Å². The fourth-order valence-electron chi connectivity index (χ4n) is 7.99. The van der Waals surface area contributed by atoms with Crippen molar-refractivity contribution in [2.24, 2.45) is 17.8 Å². The minimum Gasteiger partial charge on any atom is -0.444 e. The summed E-state index contributed by atoms with van der Waals surface area (Å²) in [5.74, 6) is -4.50. The van der Waals surface area contributed by atoms with Crippen LogP contribution in [0.4, 0.5) is 27.2 Å². The number of alkyl carbamates (subject to hydrolysis) is 1. The fourth-order valence-corrected chi connectivity index (χ4v) is 9.30. The molecule has 0 spiro atoms. The van der Waals surface area contributed by atoms with Crippen LogP contribution >= 0.6 is 0 Å². The molecule has 58 heavy (non-hydrogen) atoms. The topological polar surface area (TPSA) is 181 Å². The molecule has 0 aromatic heterocycles. The molecule has 0 unspecified atom stereocenters. The molecule has 5 amide bonds. The zero-order valence-electron chi connectivity index (χ0n) is 33.1. The van der Waals surface area contributed by atoms with Gasteiger partial charge in [-0.2, -0.15) is 13.2 Å². The Morgan fingerprint density at radius 3 is 2.45 bits per heavy atom. The Morgan fingerprint density at radius 1 is 1.10 bits per heavy atom. The lowest BCUT2D eigenvalue weighted by atomic mass is 9.85. The van der Waals surface area contributed by atoms with Crippen molar-refractivity contribution in [3.05, 3.63) is 47.3 Å². The third kappa shape index (κ3) is 8.64. The van der Waals surface area contributed by atoms with E-state index >= 15 is 0 Å². The zero-order valence-corrected chi connectivity index (χ0v) is 33.9. The summed E-state index contributed by atoms with van der Waals surface area (Å²) >= 11 is 0. The van der Waals surface area contributed by atoms with Gasteiger partial charge in [-0.05, 0) is 82.8 Å². The van der Waals surface area contributed by atoms with Gasteiger partial charge >= 0.3 is 18.4 Å². The number of nitrogens with one attached hydrogen (secondary N) is 3. The fraction of sp³-hybridized carbons (Fsp3) is 0.667. The van der Waals surface area contributed by atoms with Gasteiger partial charge in [0.25, 0.3) is 5.91 Å². The first kappa shape index (κ1) is 43.2. The van der Waals surface area contributed by atoms with E-state index in [1.807, 2.05) is 13.0 Å². The molecule has 1 aromatic carbocycles. The van der Waals surface area contributed by atoms with Crippen LogP contribution in [-0.4, -0.2) is 94.9 Å². The lowest BCUT2D eigenvalue weighted by Gasteiger charge is -2.35. The average molecular weight is 848 g/mol. The zero-order chi connectivity index (χ0) is 42.6. The summed E-state index contributed by atoms with van der Waals surface area (Å²) in [4.78, 5) is 72.0. The monoisotopic (exact) mass is 847 g/mol. The quantitative estimate of drug-likeness (QED) is 0.229. The third-order valence-electron chi connectivity index (χ3n) is 12.4. The molecule has 5 aliphatic rings. The van der Waals surface area contributed by atoms with Gasteiger partial charge in [0, 0.05) is 28.7 Å². The largest absolute Gasteiger partial charge is 0.444 e. The third-order valence-corrected chi connectivity index (χ3v) is 14.5. The summed E-state index contributed by atoms with van der Waals surface area (Å²) in [7, 11) is -4.11. The number of amides is 5. The minimum atomic E-state index is -4.95. The number of alkyl halides is 3. The van der Waals surface area contributed by atoms with E-state index in [1.165, 1.54) is 24.0 Å². The Bertz CT molecular complexity index is 1990. The van der Waals surface area contributed by atoms with Crippen molar-refractivity contribution >= 4 is 39.9 Å². The van der Waals surface area contributed by atoms with Crippen molar-refractivity contribution in [3.63, 3.8) is 0 Å². The van der Waals surface area contributed by atoms with Gasteiger partial charge in [-0.3, -0.25) is 24.0 Å². The molecule has 6 rings (SSSR count). The molecule has 2 saturated carbocycles. The number of hydrogen-bond acceptors (Lipinski definition) is 9. The standard InChI is InChI=1S/C39H51F4N5O9S.3H2/c1-6-23-16-22(2)10-7-8-12-25-18-38(25,33(51)46-58(54,55)37(5)14-15-37)45-31(49)29-17-26(56-35(53)47-19-24-11-9-13-28(40)27(24)21-47)20-48(29)32(50)30(23)44-34(52)57-36(3,4)39(41,42)43;;;/h8-9,11-13,22-23,25-26,29-30H,6-7,10,14-21H2,1-5H3,(H,44,52)(H,45,49)(H,46,51);3*1H/b12-8-;;;/t22-,23-,25-,26-,29+,30+,38-;;;/m1.../s1. The van der Waals surface area contributed by atoms with Gasteiger partial charge in [-0.15, -0.1) is 0 Å². The number of halogens is 4. The van der Waals surface area contributed by atoms with Gasteiger partial charge in [0.2, 0.25) is 27.4 Å². The van der Waals surface area contributed by atoms with E-state index in [4.69, 9.17) is 9.47 Å². The minimum absolute atomic E-state index is 0. The van der Waals surface area contributed by atoms with E-state index in [0.29, 0.717) is 57.1 Å². The molecule has 3 aliphatic heterocycles. The Hall–Kier alpha value is -4.42. The van der Waals surface area contributed by atoms with Crippen LogP contribution in [-0.2, 0) is 47.0 Å². The first-order chi connectivity index (χ1) is 27.0. The van der Waals surface area contributed by atoms with Gasteiger partial charge < -0.3 is 25.0 Å². The van der Waals surface area contributed by atoms with E-state index in [1.54, 1.807) is 19.1 Å². The number of carbonyl (C=O) groups excluding carboxylic acids is 5. The van der Waals surface area contributed by atoms with E-state index in [9.17, 15) is 50.0 Å². The molecule has 3 fully saturated rings. The number of sulfonamides is 1. The Labute approximate surface area is 339 Å². The molecule has 1 saturated heterocycles. The predicted octanol–water partition coefficient (Wildman–Crippen LogP) is 5.70. The highest BCUT2D eigenvalue weighted by atomic mass is 32.2. The summed E-state index contributed by atoms with van der Waals surface area (Å²) in [6.45, 7) is 6.07. The van der Waals surface area contributed by atoms with Crippen molar-refractivity contribution in [1.29, 1.82) is 0 Å². The average Bonchev–Trinajstić information content (AvgIpc) is 3.92. The molecule has 326 valence electrons. The van der Waals surface area contributed by atoms with Gasteiger partial charge in [0.05, 0.1) is 17.8 Å². The molecule has 3 heterocycles. The first-order valence-electron chi connectivity index (χ1n) is 19.6. The number of carbonyl (C=O) groups is 5. The van der Waals surface area contributed by atoms with Crippen LogP contribution in [0.1, 0.15) is 101 Å². The second-order valence-electron chi connectivity index (χ2n) is 17.2. The van der Waals surface area contributed by atoms with Crippen molar-refractivity contribution < 1.29 is 63.7 Å². The van der Waals surface area contributed by atoms with Gasteiger partial charge in [-0.25, -0.2) is 22.4 Å². The van der Waals surface area contributed by atoms with Gasteiger partial charge in [-0.1, -0.05) is 44.6 Å². The normalized spacial score (nSPS) is 30.4. The van der Waals surface area contributed by atoms with Crippen LogP contribution in [0.2, 0.25) is 0 Å². The van der Waals surface area contributed by atoms with Crippen molar-refractivity contribution in [2.75, 3.05) is 6.54 Å². The predicted molar refractivity (Wildman–Crippen MR) is 206 cm³/mol. The number of fused-ring (bicyclic) bond motifs is 3. The SMILES string of the molecule is CC[C@@H]1C[C@H](C)CC/C=C\[C@@H]2C[C@@]2(C(=O)NS(=O)(=O)C2(C)CC2)NC(=O)[C@@H]2C[C@@H](OC(=O)N3Cc4cccc(F)c4C3)CN2C(=O)[C@H]1NC(=O)OC(C)(C)C(F)(F)F.[HH].[HH].[HH]. The maximum atomic E-state index is 14.8. The van der Waals surface area contributed by atoms with E-state index in [2.05, 4.69) is 15.4 Å². The second kappa shape index (κ2) is 15.6. The summed E-state index contributed by atoms with van der Waals surface area (Å²) in [6, 6.07) is 1.50. The summed E-state index contributed by atoms with van der Waals surface area (Å²) in [5.41, 5.74) is -3.73. The van der Waals surface area contributed by atoms with Crippen molar-refractivity contribution in [1.82, 2.24) is 25.2 Å².